The van der Waals surface area contributed by atoms with E-state index in [0.717, 1.165) is 45.8 Å². The molecule has 134 valence electrons. The summed E-state index contributed by atoms with van der Waals surface area (Å²) >= 11 is 0. The van der Waals surface area contributed by atoms with E-state index < -0.39 is 0 Å². The van der Waals surface area contributed by atoms with Crippen molar-refractivity contribution in [3.63, 3.8) is 0 Å². The topological polar surface area (TPSA) is 80.1 Å². The van der Waals surface area contributed by atoms with E-state index in [2.05, 4.69) is 46.8 Å². The Kier molecular flexibility index (Phi) is 4.12. The molecule has 1 fully saturated rings. The van der Waals surface area contributed by atoms with E-state index in [-0.39, 0.29) is 6.04 Å². The fourth-order valence-corrected chi connectivity index (χ4v) is 3.49. The summed E-state index contributed by atoms with van der Waals surface area (Å²) in [6.45, 7) is 10.3. The average molecular weight is 349 g/mol. The van der Waals surface area contributed by atoms with Crippen LogP contribution in [0.3, 0.4) is 0 Å². The van der Waals surface area contributed by atoms with Gasteiger partial charge in [-0.1, -0.05) is 24.8 Å². The molecule has 1 aromatic carbocycles. The summed E-state index contributed by atoms with van der Waals surface area (Å²) in [5.74, 6) is 0.923. The average Bonchev–Trinajstić information content (AvgIpc) is 3.02. The molecule has 4 rings (SSSR count). The number of aromatic nitrogens is 3. The van der Waals surface area contributed by atoms with Crippen molar-refractivity contribution in [1.29, 1.82) is 0 Å². The number of H-pyrrole nitrogens is 1. The van der Waals surface area contributed by atoms with Crippen molar-refractivity contribution in [2.75, 3.05) is 24.7 Å². The highest BCUT2D eigenvalue weighted by Crippen LogP contribution is 2.34. The smallest absolute Gasteiger partial charge is 0.183 e. The van der Waals surface area contributed by atoms with E-state index in [9.17, 15) is 0 Å². The Hall–Kier alpha value is -2.86. The Morgan fingerprint density at radius 3 is 3.00 bits per heavy atom. The van der Waals surface area contributed by atoms with Crippen LogP contribution in [0.25, 0.3) is 27.9 Å². The molecule has 1 unspecified atom stereocenters. The van der Waals surface area contributed by atoms with Crippen LogP contribution < -0.4 is 10.6 Å². The van der Waals surface area contributed by atoms with Gasteiger partial charge in [0, 0.05) is 23.3 Å². The van der Waals surface area contributed by atoms with Crippen molar-refractivity contribution < 1.29 is 4.74 Å². The Labute approximate surface area is 152 Å². The number of anilines is 1. The molecular formula is C20H23N5O. The van der Waals surface area contributed by atoms with Gasteiger partial charge in [0.1, 0.15) is 5.82 Å². The molecule has 6 nitrogen and oxygen atoms in total. The molecule has 0 spiro atoms. The van der Waals surface area contributed by atoms with Gasteiger partial charge in [-0.15, -0.1) is 0 Å². The number of rotatable bonds is 3. The molecule has 3 aromatic rings. The maximum atomic E-state index is 5.90. The van der Waals surface area contributed by atoms with Crippen LogP contribution >= 0.6 is 0 Å². The summed E-state index contributed by atoms with van der Waals surface area (Å²) < 4.78 is 5.57. The molecular weight excluding hydrogens is 326 g/mol. The molecule has 0 aliphatic carbocycles. The van der Waals surface area contributed by atoms with E-state index in [1.54, 1.807) is 0 Å². The van der Waals surface area contributed by atoms with Crippen molar-refractivity contribution in [2.24, 2.45) is 5.73 Å². The van der Waals surface area contributed by atoms with Gasteiger partial charge in [0.2, 0.25) is 0 Å². The molecule has 6 heteroatoms. The predicted octanol–water partition coefficient (Wildman–Crippen LogP) is 3.09. The number of aromatic amines is 1. The van der Waals surface area contributed by atoms with Crippen LogP contribution in [0.15, 0.2) is 36.9 Å². The minimum atomic E-state index is 0.275. The summed E-state index contributed by atoms with van der Waals surface area (Å²) in [4.78, 5) is 7.08. The van der Waals surface area contributed by atoms with Crippen molar-refractivity contribution in [3.8, 4) is 11.1 Å². The van der Waals surface area contributed by atoms with Gasteiger partial charge in [-0.2, -0.15) is 5.10 Å². The maximum Gasteiger partial charge on any atom is 0.183 e. The van der Waals surface area contributed by atoms with Crippen LogP contribution in [0, 0.1) is 6.92 Å². The first kappa shape index (κ1) is 16.6. The fourth-order valence-electron chi connectivity index (χ4n) is 3.49. The van der Waals surface area contributed by atoms with Crippen LogP contribution in [0.4, 0.5) is 5.82 Å². The zero-order valence-electron chi connectivity index (χ0n) is 15.1. The molecule has 0 radical (unpaired) electrons. The van der Waals surface area contributed by atoms with Crippen LogP contribution in [0.2, 0.25) is 0 Å². The number of nitrogens with one attached hydrogen (secondary N) is 1. The quantitative estimate of drug-likeness (QED) is 0.759. The molecule has 1 saturated heterocycles. The second-order valence-electron chi connectivity index (χ2n) is 6.80. The number of fused-ring (bicyclic) bond motifs is 1. The molecule has 1 aliphatic heterocycles. The Morgan fingerprint density at radius 1 is 1.38 bits per heavy atom. The monoisotopic (exact) mass is 349 g/mol. The first-order valence-corrected chi connectivity index (χ1v) is 8.80. The minimum absolute atomic E-state index is 0.275. The number of nitrogens with two attached hydrogens (primary N) is 1. The van der Waals surface area contributed by atoms with E-state index >= 15 is 0 Å². The van der Waals surface area contributed by atoms with E-state index in [1.165, 1.54) is 0 Å². The van der Waals surface area contributed by atoms with Gasteiger partial charge in [0.25, 0.3) is 0 Å². The van der Waals surface area contributed by atoms with E-state index in [4.69, 9.17) is 15.5 Å². The van der Waals surface area contributed by atoms with Crippen LogP contribution in [-0.2, 0) is 4.74 Å². The maximum absolute atomic E-state index is 5.90. The van der Waals surface area contributed by atoms with Gasteiger partial charge >= 0.3 is 0 Å². The highest BCUT2D eigenvalue weighted by Gasteiger charge is 2.23. The van der Waals surface area contributed by atoms with Crippen molar-refractivity contribution in [1.82, 2.24) is 15.2 Å². The zero-order chi connectivity index (χ0) is 18.3. The van der Waals surface area contributed by atoms with Crippen LogP contribution in [0.1, 0.15) is 18.2 Å². The largest absolute Gasteiger partial charge is 0.399 e. The normalized spacial score (nSPS) is 17.6. The highest BCUT2D eigenvalue weighted by molar-refractivity contribution is 5.96. The fraction of sp³-hybridized carbons (Fsp3) is 0.300. The van der Waals surface area contributed by atoms with Gasteiger partial charge in [0.15, 0.2) is 5.65 Å². The molecule has 1 aliphatic rings. The number of benzene rings is 1. The first-order chi connectivity index (χ1) is 12.5. The second kappa shape index (κ2) is 6.46. The highest BCUT2D eigenvalue weighted by atomic mass is 16.5. The van der Waals surface area contributed by atoms with Gasteiger partial charge in [-0.05, 0) is 42.7 Å². The van der Waals surface area contributed by atoms with Crippen molar-refractivity contribution in [3.05, 3.63) is 48.2 Å². The third-order valence-electron chi connectivity index (χ3n) is 4.90. The summed E-state index contributed by atoms with van der Waals surface area (Å²) in [6, 6.07) is 10.5. The number of nitrogens with zero attached hydrogens (tertiary/aromatic N) is 3. The number of hydrogen-bond donors (Lipinski definition) is 2. The molecule has 0 bridgehead atoms. The number of ether oxygens (including phenoxy) is 1. The standard InChI is InChI=1S/C20H23N5O/c1-12-11-26-8-7-25(12)18-10-17(19-14(3)23-24-20(19)22-18)16-6-4-5-15(9-16)13(2)21/h4-6,9-10,12H,2,7-8,11,21H2,1,3H3,(H,22,23,24). The molecule has 26 heavy (non-hydrogen) atoms. The Balaban J connectivity index is 1.91. The van der Waals surface area contributed by atoms with Crippen molar-refractivity contribution >= 4 is 22.5 Å². The molecule has 3 N–H and O–H groups in total. The lowest BCUT2D eigenvalue weighted by atomic mass is 9.99. The number of aryl methyl sites for hydroxylation is 1. The third-order valence-corrected chi connectivity index (χ3v) is 4.90. The first-order valence-electron chi connectivity index (χ1n) is 8.80. The second-order valence-corrected chi connectivity index (χ2v) is 6.80. The summed E-state index contributed by atoms with van der Waals surface area (Å²) in [5, 5.41) is 8.51. The Morgan fingerprint density at radius 2 is 2.23 bits per heavy atom. The molecule has 2 aromatic heterocycles. The number of pyridine rings is 1. The van der Waals surface area contributed by atoms with Crippen molar-refractivity contribution in [2.45, 2.75) is 19.9 Å². The van der Waals surface area contributed by atoms with Gasteiger partial charge in [0.05, 0.1) is 19.3 Å². The Bertz CT molecular complexity index is 977. The summed E-state index contributed by atoms with van der Waals surface area (Å²) in [6.07, 6.45) is 0. The number of morpholine rings is 1. The summed E-state index contributed by atoms with van der Waals surface area (Å²) in [7, 11) is 0. The molecule has 0 saturated carbocycles. The lowest BCUT2D eigenvalue weighted by Gasteiger charge is -2.34. The zero-order valence-corrected chi connectivity index (χ0v) is 15.1. The van der Waals surface area contributed by atoms with E-state index in [0.29, 0.717) is 18.9 Å². The summed E-state index contributed by atoms with van der Waals surface area (Å²) in [5.41, 5.74) is 11.3. The lowest BCUT2D eigenvalue weighted by Crippen LogP contribution is -2.44. The van der Waals surface area contributed by atoms with Crippen LogP contribution in [0.5, 0.6) is 0 Å². The minimum Gasteiger partial charge on any atom is -0.399 e. The molecule has 1 atom stereocenters. The van der Waals surface area contributed by atoms with Gasteiger partial charge in [-0.25, -0.2) is 4.98 Å². The van der Waals surface area contributed by atoms with Crippen LogP contribution in [-0.4, -0.2) is 41.0 Å². The predicted molar refractivity (Wildman–Crippen MR) is 105 cm³/mol. The molecule has 0 amide bonds. The van der Waals surface area contributed by atoms with E-state index in [1.807, 2.05) is 19.1 Å². The number of hydrogen-bond acceptors (Lipinski definition) is 5. The van der Waals surface area contributed by atoms with Gasteiger partial charge < -0.3 is 15.4 Å². The SMILES string of the molecule is C=C(N)c1cccc(-c2cc(N3CCOCC3C)nc3n[nH]c(C)c23)c1. The lowest BCUT2D eigenvalue weighted by molar-refractivity contribution is 0.0986. The third kappa shape index (κ3) is 2.82. The van der Waals surface area contributed by atoms with Gasteiger partial charge in [-0.3, -0.25) is 5.10 Å². The molecule has 3 heterocycles.